The Balaban J connectivity index is 1.70. The molecule has 0 bridgehead atoms. The van der Waals surface area contributed by atoms with Crippen LogP contribution in [0.1, 0.15) is 30.9 Å². The Bertz CT molecular complexity index is 1070. The number of hydrogen-bond donors (Lipinski definition) is 1. The molecular formula is C26H29N4O4. The maximum atomic E-state index is 12.1. The summed E-state index contributed by atoms with van der Waals surface area (Å²) in [5.74, 6) is 2.64. The predicted molar refractivity (Wildman–Crippen MR) is 131 cm³/mol. The monoisotopic (exact) mass is 461 g/mol. The number of ether oxygens (including phenoxy) is 3. The van der Waals surface area contributed by atoms with Gasteiger partial charge in [-0.2, -0.15) is 10.3 Å². The third kappa shape index (κ3) is 5.51. The predicted octanol–water partition coefficient (Wildman–Crippen LogP) is 5.27. The Morgan fingerprint density at radius 3 is 2.03 bits per heavy atom. The van der Waals surface area contributed by atoms with E-state index in [1.165, 1.54) is 0 Å². The van der Waals surface area contributed by atoms with Crippen molar-refractivity contribution in [3.63, 3.8) is 0 Å². The van der Waals surface area contributed by atoms with Gasteiger partial charge in [0.05, 0.1) is 26.5 Å². The highest BCUT2D eigenvalue weighted by Crippen LogP contribution is 2.40. The van der Waals surface area contributed by atoms with E-state index < -0.39 is 6.03 Å². The fourth-order valence-electron chi connectivity index (χ4n) is 3.68. The molecule has 2 heterocycles. The minimum atomic E-state index is -0.405. The van der Waals surface area contributed by atoms with Crippen LogP contribution in [0, 0.1) is 0 Å². The number of hydrogen-bond acceptors (Lipinski definition) is 6. The van der Waals surface area contributed by atoms with Gasteiger partial charge >= 0.3 is 6.03 Å². The second-order valence-electron chi connectivity index (χ2n) is 7.98. The number of carbonyl (C=O) groups is 1. The molecule has 8 nitrogen and oxygen atoms in total. The van der Waals surface area contributed by atoms with Crippen molar-refractivity contribution in [2.75, 3.05) is 31.0 Å². The van der Waals surface area contributed by atoms with Crippen LogP contribution < -0.4 is 29.7 Å². The van der Waals surface area contributed by atoms with Gasteiger partial charge in [-0.05, 0) is 41.8 Å². The number of nitrogens with zero attached hydrogens (tertiary/aromatic N) is 3. The summed E-state index contributed by atoms with van der Waals surface area (Å²) in [5, 5.41) is 6.99. The second-order valence-corrected chi connectivity index (χ2v) is 7.98. The van der Waals surface area contributed by atoms with Crippen molar-refractivity contribution in [1.82, 2.24) is 10.3 Å². The van der Waals surface area contributed by atoms with Crippen LogP contribution in [0.4, 0.5) is 22.0 Å². The van der Waals surface area contributed by atoms with Crippen LogP contribution in [-0.2, 0) is 13.1 Å². The number of urea groups is 1. The molecule has 0 saturated carbocycles. The standard InChI is InChI=1S/C26H29N4O4/c1-4-5-14-34-23-15-22-24(29-26(31)27-22)25(28-23)30(16-18-6-10-20(32-2)11-7-18)17-19-8-12-21(33-3)13-9-19/h6-13,15H,4-5,14,16-17H2,1-3H3,(H,27,31). The second kappa shape index (κ2) is 10.8. The van der Waals surface area contributed by atoms with E-state index in [0.29, 0.717) is 42.8 Å². The molecule has 0 fully saturated rings. The van der Waals surface area contributed by atoms with Crippen molar-refractivity contribution in [3.05, 3.63) is 65.7 Å². The lowest BCUT2D eigenvalue weighted by Gasteiger charge is -2.26. The molecule has 8 heteroatoms. The number of methoxy groups -OCH3 is 2. The van der Waals surface area contributed by atoms with Crippen LogP contribution in [0.25, 0.3) is 0 Å². The molecule has 1 aliphatic heterocycles. The number of benzene rings is 2. The Kier molecular flexibility index (Phi) is 7.37. The van der Waals surface area contributed by atoms with E-state index in [9.17, 15) is 4.79 Å². The zero-order valence-corrected chi connectivity index (χ0v) is 19.7. The van der Waals surface area contributed by atoms with E-state index in [-0.39, 0.29) is 0 Å². The Morgan fingerprint density at radius 1 is 0.912 bits per heavy atom. The lowest BCUT2D eigenvalue weighted by atomic mass is 10.1. The lowest BCUT2D eigenvalue weighted by Crippen LogP contribution is -2.24. The van der Waals surface area contributed by atoms with Gasteiger partial charge in [0.1, 0.15) is 17.2 Å². The molecular weight excluding hydrogens is 432 g/mol. The molecule has 0 unspecified atom stereocenters. The van der Waals surface area contributed by atoms with E-state index in [1.54, 1.807) is 20.3 Å². The molecule has 2 amide bonds. The number of pyridine rings is 1. The van der Waals surface area contributed by atoms with Gasteiger partial charge < -0.3 is 24.4 Å². The van der Waals surface area contributed by atoms with Crippen molar-refractivity contribution in [3.8, 4) is 17.4 Å². The van der Waals surface area contributed by atoms with Crippen molar-refractivity contribution in [1.29, 1.82) is 0 Å². The first kappa shape index (κ1) is 23.2. The van der Waals surface area contributed by atoms with Crippen molar-refractivity contribution < 1.29 is 19.0 Å². The van der Waals surface area contributed by atoms with Crippen LogP contribution in [0.3, 0.4) is 0 Å². The third-order valence-electron chi connectivity index (χ3n) is 5.52. The topological polar surface area (TPSA) is 87.0 Å². The number of rotatable bonds is 11. The highest BCUT2D eigenvalue weighted by molar-refractivity contribution is 6.05. The zero-order chi connectivity index (χ0) is 23.9. The Labute approximate surface area is 199 Å². The minimum absolute atomic E-state index is 0.405. The zero-order valence-electron chi connectivity index (χ0n) is 19.7. The van der Waals surface area contributed by atoms with Crippen LogP contribution >= 0.6 is 0 Å². The summed E-state index contributed by atoms with van der Waals surface area (Å²) in [4.78, 5) is 19.0. The Morgan fingerprint density at radius 2 is 1.50 bits per heavy atom. The van der Waals surface area contributed by atoms with E-state index >= 15 is 0 Å². The van der Waals surface area contributed by atoms with Gasteiger partial charge in [-0.15, -0.1) is 0 Å². The molecule has 34 heavy (non-hydrogen) atoms. The van der Waals surface area contributed by atoms with Crippen molar-refractivity contribution in [2.45, 2.75) is 32.9 Å². The van der Waals surface area contributed by atoms with Crippen molar-refractivity contribution in [2.24, 2.45) is 0 Å². The molecule has 177 valence electrons. The number of anilines is 2. The first-order valence-corrected chi connectivity index (χ1v) is 11.3. The largest absolute Gasteiger partial charge is 0.497 e. The molecule has 3 aromatic rings. The van der Waals surface area contributed by atoms with E-state index in [0.717, 1.165) is 35.5 Å². The molecule has 0 saturated heterocycles. The maximum absolute atomic E-state index is 12.1. The molecule has 0 spiro atoms. The highest BCUT2D eigenvalue weighted by Gasteiger charge is 2.28. The number of nitrogens with one attached hydrogen (secondary N) is 1. The van der Waals surface area contributed by atoms with Gasteiger partial charge in [-0.25, -0.2) is 4.79 Å². The number of amides is 2. The first-order chi connectivity index (χ1) is 16.6. The van der Waals surface area contributed by atoms with Gasteiger partial charge in [0, 0.05) is 19.2 Å². The molecule has 0 aliphatic carbocycles. The number of carbonyl (C=O) groups excluding carboxylic acids is 1. The molecule has 4 rings (SSSR count). The summed E-state index contributed by atoms with van der Waals surface area (Å²) >= 11 is 0. The molecule has 1 N–H and O–H groups in total. The van der Waals surface area contributed by atoms with Crippen LogP contribution in [0.5, 0.6) is 17.4 Å². The van der Waals surface area contributed by atoms with Crippen LogP contribution in [-0.4, -0.2) is 31.8 Å². The van der Waals surface area contributed by atoms with Crippen LogP contribution in [0.15, 0.2) is 54.6 Å². The number of unbranched alkanes of at least 4 members (excludes halogenated alkanes) is 1. The fourth-order valence-corrected chi connectivity index (χ4v) is 3.68. The lowest BCUT2D eigenvalue weighted by molar-refractivity contribution is 0.256. The van der Waals surface area contributed by atoms with Crippen molar-refractivity contribution >= 4 is 23.2 Å². The summed E-state index contributed by atoms with van der Waals surface area (Å²) in [6, 6.07) is 17.1. The molecule has 1 aliphatic rings. The average Bonchev–Trinajstić information content (AvgIpc) is 3.24. The van der Waals surface area contributed by atoms with Gasteiger partial charge in [0.15, 0.2) is 5.82 Å². The molecule has 2 aromatic carbocycles. The summed E-state index contributed by atoms with van der Waals surface area (Å²) in [7, 11) is 3.29. The van der Waals surface area contributed by atoms with Gasteiger partial charge in [-0.3, -0.25) is 0 Å². The quantitative estimate of drug-likeness (QED) is 0.392. The fraction of sp³-hybridized carbons (Fsp3) is 0.308. The van der Waals surface area contributed by atoms with Gasteiger partial charge in [0.25, 0.3) is 0 Å². The van der Waals surface area contributed by atoms with Gasteiger partial charge in [0.2, 0.25) is 5.88 Å². The highest BCUT2D eigenvalue weighted by atomic mass is 16.5. The third-order valence-corrected chi connectivity index (χ3v) is 5.52. The smallest absolute Gasteiger partial charge is 0.346 e. The average molecular weight is 462 g/mol. The van der Waals surface area contributed by atoms with E-state index in [2.05, 4.69) is 22.5 Å². The number of fused-ring (bicyclic) bond motifs is 1. The van der Waals surface area contributed by atoms with Gasteiger partial charge in [-0.1, -0.05) is 37.6 Å². The Hall–Kier alpha value is -3.94. The summed E-state index contributed by atoms with van der Waals surface area (Å²) in [6.07, 6.45) is 1.94. The first-order valence-electron chi connectivity index (χ1n) is 11.3. The molecule has 1 radical (unpaired) electrons. The summed E-state index contributed by atoms with van der Waals surface area (Å²) < 4.78 is 16.5. The number of aromatic nitrogens is 1. The summed E-state index contributed by atoms with van der Waals surface area (Å²) in [5.41, 5.74) is 3.27. The minimum Gasteiger partial charge on any atom is -0.497 e. The van der Waals surface area contributed by atoms with E-state index in [4.69, 9.17) is 19.2 Å². The summed E-state index contributed by atoms with van der Waals surface area (Å²) in [6.45, 7) is 3.77. The normalized spacial score (nSPS) is 11.9. The maximum Gasteiger partial charge on any atom is 0.346 e. The van der Waals surface area contributed by atoms with Crippen LogP contribution in [0.2, 0.25) is 0 Å². The molecule has 0 atom stereocenters. The molecule has 1 aromatic heterocycles. The van der Waals surface area contributed by atoms with E-state index in [1.807, 2.05) is 48.5 Å². The SMILES string of the molecule is CCCCOc1cc2c(c(N(Cc3ccc(OC)cc3)Cc3ccc(OC)cc3)n1)[N]C(=O)N2.